The molecule has 0 spiro atoms. The lowest BCUT2D eigenvalue weighted by Crippen LogP contribution is -2.34. The number of thiazole rings is 1. The molecule has 0 fully saturated rings. The number of anilines is 1. The first-order chi connectivity index (χ1) is 16.7. The smallest absolute Gasteiger partial charge is 0.180 e. The standard InChI is InChI=1S/C27H33N5OS2/c1-16(2)10-20(14-33)25(29)21-11-17(3)24(7-5-6-22-26(21)35-27(30)32-22)34-15-18(4)23-12-19(13-28)8-9-31-23/h5,8-9,11-12,16,18,20,25,33H,3,6,10,14-15,29H2,1-2,4H3,(H2,30,32)/b21-11-/t7?,18?,20?,25-/m1/s1. The number of nitrogens with zero attached hydrogens (tertiary/aromatic N) is 3. The lowest BCUT2D eigenvalue weighted by atomic mass is 9.85. The van der Waals surface area contributed by atoms with E-state index in [1.54, 1.807) is 24.0 Å². The summed E-state index contributed by atoms with van der Waals surface area (Å²) in [4.78, 5) is 10.9. The Morgan fingerprint density at radius 3 is 2.83 bits per heavy atom. The molecule has 0 aromatic carbocycles. The molecule has 2 aromatic rings. The van der Waals surface area contributed by atoms with Gasteiger partial charge in [0.25, 0.3) is 0 Å². The van der Waals surface area contributed by atoms with Crippen LogP contribution in [0, 0.1) is 23.2 Å². The third-order valence-corrected chi connectivity index (χ3v) is 8.21. The van der Waals surface area contributed by atoms with E-state index < -0.39 is 0 Å². The largest absolute Gasteiger partial charge is 0.396 e. The zero-order valence-corrected chi connectivity index (χ0v) is 22.1. The van der Waals surface area contributed by atoms with Crippen molar-refractivity contribution in [2.45, 2.75) is 45.6 Å². The highest BCUT2D eigenvalue weighted by atomic mass is 32.2. The van der Waals surface area contributed by atoms with Gasteiger partial charge in [0.15, 0.2) is 5.13 Å². The first-order valence-electron chi connectivity index (χ1n) is 11.7. The molecule has 3 rings (SSSR count). The monoisotopic (exact) mass is 507 g/mol. The molecule has 1 aliphatic carbocycles. The van der Waals surface area contributed by atoms with Crippen LogP contribution in [0.4, 0.5) is 5.13 Å². The first kappa shape index (κ1) is 26.9. The van der Waals surface area contributed by atoms with Gasteiger partial charge in [-0.3, -0.25) is 4.98 Å². The summed E-state index contributed by atoms with van der Waals surface area (Å²) < 4.78 is 0. The molecule has 1 aliphatic rings. The number of nitriles is 1. The number of aromatic nitrogens is 2. The van der Waals surface area contributed by atoms with Crippen LogP contribution < -0.4 is 11.5 Å². The van der Waals surface area contributed by atoms with Crippen molar-refractivity contribution in [2.75, 3.05) is 18.1 Å². The van der Waals surface area contributed by atoms with Gasteiger partial charge in [-0.15, -0.1) is 17.5 Å². The van der Waals surface area contributed by atoms with Crippen LogP contribution in [0.25, 0.3) is 5.57 Å². The minimum absolute atomic E-state index is 0.00868. The van der Waals surface area contributed by atoms with Crippen molar-refractivity contribution in [1.29, 1.82) is 5.26 Å². The highest BCUT2D eigenvalue weighted by molar-refractivity contribution is 8.03. The molecule has 35 heavy (non-hydrogen) atoms. The maximum absolute atomic E-state index is 10.1. The van der Waals surface area contributed by atoms with E-state index >= 15 is 0 Å². The van der Waals surface area contributed by atoms with Crippen molar-refractivity contribution in [3.8, 4) is 6.07 Å². The highest BCUT2D eigenvalue weighted by Crippen LogP contribution is 2.37. The second-order valence-corrected chi connectivity index (χ2v) is 11.3. The van der Waals surface area contributed by atoms with Crippen LogP contribution in [0.3, 0.4) is 0 Å². The summed E-state index contributed by atoms with van der Waals surface area (Å²) in [5, 5.41) is 19.8. The van der Waals surface area contributed by atoms with Crippen molar-refractivity contribution in [2.24, 2.45) is 17.6 Å². The zero-order valence-electron chi connectivity index (χ0n) is 20.5. The number of hydrogen-bond donors (Lipinski definition) is 3. The second kappa shape index (κ2) is 12.3. The van der Waals surface area contributed by atoms with Crippen LogP contribution in [0.2, 0.25) is 0 Å². The quantitative estimate of drug-likeness (QED) is 0.406. The molecular formula is C27H33N5OS2. The van der Waals surface area contributed by atoms with Crippen molar-refractivity contribution in [3.05, 3.63) is 75.1 Å². The molecule has 2 aromatic heterocycles. The molecule has 184 valence electrons. The molecular weight excluding hydrogens is 474 g/mol. The van der Waals surface area contributed by atoms with E-state index in [-0.39, 0.29) is 24.5 Å². The maximum atomic E-state index is 10.1. The Labute approximate surface area is 216 Å². The SMILES string of the molecule is C=C1/C=C(/[C@H](N)C(CO)CC(C)C)c2sc(N)nc2CC=C=C1SCC(C)c1cc(C#N)ccn1. The molecule has 0 bridgehead atoms. The van der Waals surface area contributed by atoms with Gasteiger partial charge in [-0.2, -0.15) is 5.26 Å². The Morgan fingerprint density at radius 1 is 1.37 bits per heavy atom. The summed E-state index contributed by atoms with van der Waals surface area (Å²) in [5.41, 5.74) is 20.3. The molecule has 0 aliphatic heterocycles. The van der Waals surface area contributed by atoms with Gasteiger partial charge in [0, 0.05) is 48.5 Å². The van der Waals surface area contributed by atoms with Gasteiger partial charge < -0.3 is 16.6 Å². The van der Waals surface area contributed by atoms with Crippen LogP contribution in [0.5, 0.6) is 0 Å². The predicted octanol–water partition coefficient (Wildman–Crippen LogP) is 5.05. The molecule has 0 amide bonds. The minimum atomic E-state index is -0.376. The number of nitrogen functional groups attached to an aromatic ring is 1. The fraction of sp³-hybridized carbons (Fsp3) is 0.407. The summed E-state index contributed by atoms with van der Waals surface area (Å²) in [6.45, 7) is 10.7. The number of rotatable bonds is 9. The molecule has 0 saturated carbocycles. The van der Waals surface area contributed by atoms with E-state index in [1.807, 2.05) is 18.2 Å². The number of fused-ring (bicyclic) bond motifs is 1. The van der Waals surface area contributed by atoms with Gasteiger partial charge in [0.2, 0.25) is 0 Å². The van der Waals surface area contributed by atoms with Gasteiger partial charge in [-0.1, -0.05) is 38.7 Å². The topological polar surface area (TPSA) is 122 Å². The minimum Gasteiger partial charge on any atom is -0.396 e. The Bertz CT molecular complexity index is 1200. The van der Waals surface area contributed by atoms with Gasteiger partial charge in [-0.25, -0.2) is 4.98 Å². The Balaban J connectivity index is 1.90. The van der Waals surface area contributed by atoms with Gasteiger partial charge in [0.05, 0.1) is 27.1 Å². The van der Waals surface area contributed by atoms with Gasteiger partial charge >= 0.3 is 0 Å². The highest BCUT2D eigenvalue weighted by Gasteiger charge is 2.27. The summed E-state index contributed by atoms with van der Waals surface area (Å²) in [5.74, 6) is 1.22. The van der Waals surface area contributed by atoms with Crippen molar-refractivity contribution in [3.63, 3.8) is 0 Å². The Morgan fingerprint density at radius 2 is 2.14 bits per heavy atom. The molecule has 3 atom stereocenters. The Kier molecular flexibility index (Phi) is 9.50. The number of hydrogen-bond acceptors (Lipinski definition) is 8. The van der Waals surface area contributed by atoms with E-state index in [0.29, 0.717) is 23.0 Å². The number of nitrogens with two attached hydrogens (primary N) is 2. The molecule has 2 unspecified atom stereocenters. The van der Waals surface area contributed by atoms with Crippen LogP contribution in [0.1, 0.15) is 54.9 Å². The predicted molar refractivity (Wildman–Crippen MR) is 147 cm³/mol. The molecule has 5 N–H and O–H groups in total. The number of aliphatic hydroxyl groups is 1. The fourth-order valence-corrected chi connectivity index (χ4v) is 5.97. The van der Waals surface area contributed by atoms with Crippen molar-refractivity contribution in [1.82, 2.24) is 9.97 Å². The van der Waals surface area contributed by atoms with Crippen molar-refractivity contribution < 1.29 is 5.11 Å². The maximum Gasteiger partial charge on any atom is 0.180 e. The van der Waals surface area contributed by atoms with E-state index in [1.165, 1.54) is 11.3 Å². The van der Waals surface area contributed by atoms with Crippen LogP contribution in [-0.4, -0.2) is 33.5 Å². The van der Waals surface area contributed by atoms with Gasteiger partial charge in [-0.05, 0) is 47.8 Å². The lowest BCUT2D eigenvalue weighted by Gasteiger charge is -2.26. The van der Waals surface area contributed by atoms with Gasteiger partial charge in [0.1, 0.15) is 0 Å². The second-order valence-electron chi connectivity index (χ2n) is 9.23. The van der Waals surface area contributed by atoms with Crippen LogP contribution in [0.15, 0.2) is 53.3 Å². The normalized spacial score (nSPS) is 17.8. The lowest BCUT2D eigenvalue weighted by molar-refractivity contribution is 0.197. The van der Waals surface area contributed by atoms with Crippen LogP contribution >= 0.6 is 23.1 Å². The fourth-order valence-electron chi connectivity index (χ4n) is 4.04. The molecule has 2 heterocycles. The molecule has 6 nitrogen and oxygen atoms in total. The number of pyridine rings is 1. The number of allylic oxidation sites excluding steroid dienone is 2. The Hall–Kier alpha value is -2.66. The number of aliphatic hydroxyl groups excluding tert-OH is 1. The summed E-state index contributed by atoms with van der Waals surface area (Å²) >= 11 is 3.08. The zero-order chi connectivity index (χ0) is 25.5. The summed E-state index contributed by atoms with van der Waals surface area (Å²) in [6.07, 6.45) is 7.05. The third-order valence-electron chi connectivity index (χ3n) is 5.89. The first-order valence-corrected chi connectivity index (χ1v) is 13.5. The van der Waals surface area contributed by atoms with E-state index in [2.05, 4.69) is 49.1 Å². The van der Waals surface area contributed by atoms with E-state index in [9.17, 15) is 10.4 Å². The molecule has 0 radical (unpaired) electrons. The molecule has 8 heteroatoms. The summed E-state index contributed by atoms with van der Waals surface area (Å²) in [7, 11) is 0. The van der Waals surface area contributed by atoms with Crippen molar-refractivity contribution >= 4 is 33.8 Å². The van der Waals surface area contributed by atoms with Crippen LogP contribution in [-0.2, 0) is 6.42 Å². The van der Waals surface area contributed by atoms with E-state index in [4.69, 9.17) is 11.5 Å². The average Bonchev–Trinajstić information content (AvgIpc) is 3.23. The third kappa shape index (κ3) is 6.94. The average molecular weight is 508 g/mol. The molecule has 0 saturated heterocycles. The summed E-state index contributed by atoms with van der Waals surface area (Å²) in [6, 6.07) is 5.34. The number of thioether (sulfide) groups is 1. The van der Waals surface area contributed by atoms with E-state index in [0.717, 1.165) is 44.5 Å².